The van der Waals surface area contributed by atoms with E-state index in [2.05, 4.69) is 22.4 Å². The Morgan fingerprint density at radius 1 is 0.931 bits per heavy atom. The number of aryl methyl sites for hydroxylation is 2. The molecule has 3 amide bonds. The van der Waals surface area contributed by atoms with E-state index in [9.17, 15) is 14.4 Å². The molecular formula is C22H17N3O3S. The fraction of sp³-hybridized carbons (Fsp3) is 0.182. The van der Waals surface area contributed by atoms with Gasteiger partial charge in [0.1, 0.15) is 0 Å². The second kappa shape index (κ2) is 6.93. The molecule has 0 spiro atoms. The van der Waals surface area contributed by atoms with Crippen molar-refractivity contribution in [3.8, 4) is 11.3 Å². The molecule has 0 unspecified atom stereocenters. The van der Waals surface area contributed by atoms with Gasteiger partial charge in [0.05, 0.1) is 11.4 Å². The average molecular weight is 403 g/mol. The first-order chi connectivity index (χ1) is 14.1. The van der Waals surface area contributed by atoms with Crippen molar-refractivity contribution in [2.75, 3.05) is 10.2 Å². The highest BCUT2D eigenvalue weighted by atomic mass is 32.1. The molecule has 1 saturated heterocycles. The number of imide groups is 1. The molecule has 1 aliphatic heterocycles. The molecule has 2 aliphatic rings. The smallest absolute Gasteiger partial charge is 0.257 e. The number of benzene rings is 2. The van der Waals surface area contributed by atoms with Gasteiger partial charge in [-0.1, -0.05) is 24.3 Å². The summed E-state index contributed by atoms with van der Waals surface area (Å²) in [5.41, 5.74) is 4.31. The van der Waals surface area contributed by atoms with E-state index in [1.165, 1.54) is 26.7 Å². The number of carbonyl (C=O) groups is 3. The maximum absolute atomic E-state index is 12.6. The van der Waals surface area contributed by atoms with E-state index in [-0.39, 0.29) is 30.6 Å². The summed E-state index contributed by atoms with van der Waals surface area (Å²) in [7, 11) is 0. The van der Waals surface area contributed by atoms with Crippen LogP contribution in [0.5, 0.6) is 0 Å². The minimum atomic E-state index is -0.269. The molecule has 29 heavy (non-hydrogen) atoms. The van der Waals surface area contributed by atoms with Crippen molar-refractivity contribution < 1.29 is 14.4 Å². The van der Waals surface area contributed by atoms with Gasteiger partial charge in [-0.3, -0.25) is 24.6 Å². The maximum atomic E-state index is 12.6. The molecular weight excluding hydrogens is 386 g/mol. The minimum Gasteiger partial charge on any atom is -0.298 e. The van der Waals surface area contributed by atoms with E-state index in [0.717, 1.165) is 24.1 Å². The van der Waals surface area contributed by atoms with Crippen LogP contribution in [0.25, 0.3) is 11.3 Å². The van der Waals surface area contributed by atoms with Crippen LogP contribution in [0.2, 0.25) is 0 Å². The third-order valence-electron chi connectivity index (χ3n) is 5.25. The lowest BCUT2D eigenvalue weighted by Crippen LogP contribution is -2.28. The van der Waals surface area contributed by atoms with Crippen molar-refractivity contribution in [2.24, 2.45) is 0 Å². The predicted molar refractivity (Wildman–Crippen MR) is 111 cm³/mol. The van der Waals surface area contributed by atoms with E-state index in [4.69, 9.17) is 0 Å². The Balaban J connectivity index is 1.35. The molecule has 3 aromatic rings. The summed E-state index contributed by atoms with van der Waals surface area (Å²) in [6.07, 6.45) is 2.37. The Kier molecular flexibility index (Phi) is 4.24. The van der Waals surface area contributed by atoms with E-state index in [1.54, 1.807) is 24.3 Å². The molecule has 1 N–H and O–H groups in total. The highest BCUT2D eigenvalue weighted by molar-refractivity contribution is 7.16. The summed E-state index contributed by atoms with van der Waals surface area (Å²) in [4.78, 5) is 43.3. The fourth-order valence-corrected chi connectivity index (χ4v) is 4.77. The summed E-state index contributed by atoms with van der Waals surface area (Å²) in [5.74, 6) is -0.684. The van der Waals surface area contributed by atoms with Gasteiger partial charge in [0.2, 0.25) is 11.8 Å². The Hall–Kier alpha value is -3.32. The summed E-state index contributed by atoms with van der Waals surface area (Å²) in [6, 6.07) is 14.7. The Morgan fingerprint density at radius 3 is 2.41 bits per heavy atom. The molecule has 0 radical (unpaired) electrons. The Morgan fingerprint density at radius 2 is 1.66 bits per heavy atom. The maximum Gasteiger partial charge on any atom is 0.257 e. The molecule has 1 fully saturated rings. The number of nitrogens with zero attached hydrogens (tertiary/aromatic N) is 2. The van der Waals surface area contributed by atoms with Gasteiger partial charge in [-0.2, -0.15) is 0 Å². The lowest BCUT2D eigenvalue weighted by Gasteiger charge is -2.14. The van der Waals surface area contributed by atoms with E-state index >= 15 is 0 Å². The Bertz CT molecular complexity index is 1130. The van der Waals surface area contributed by atoms with Crippen molar-refractivity contribution in [3.05, 3.63) is 64.5 Å². The second-order valence-electron chi connectivity index (χ2n) is 7.07. The molecule has 7 heteroatoms. The molecule has 1 aromatic heterocycles. The lowest BCUT2D eigenvalue weighted by molar-refractivity contribution is -0.121. The number of nitrogens with one attached hydrogen (secondary N) is 1. The van der Waals surface area contributed by atoms with E-state index in [1.807, 2.05) is 12.1 Å². The van der Waals surface area contributed by atoms with Gasteiger partial charge < -0.3 is 0 Å². The van der Waals surface area contributed by atoms with Crippen LogP contribution < -0.4 is 10.2 Å². The highest BCUT2D eigenvalue weighted by Gasteiger charge is 2.30. The first-order valence-electron chi connectivity index (χ1n) is 9.45. The number of anilines is 2. The SMILES string of the molecule is O=C(Nc1nc2c(s1)CCc1ccccc1-2)c1ccc(N2C(=O)CCC2=O)cc1. The van der Waals surface area contributed by atoms with Crippen LogP contribution in [-0.2, 0) is 22.4 Å². The molecule has 0 bridgehead atoms. The number of carbonyl (C=O) groups excluding carboxylic acids is 3. The lowest BCUT2D eigenvalue weighted by atomic mass is 9.94. The summed E-state index contributed by atoms with van der Waals surface area (Å²) < 4.78 is 0. The first-order valence-corrected chi connectivity index (χ1v) is 10.3. The van der Waals surface area contributed by atoms with Crippen LogP contribution in [0.1, 0.15) is 33.6 Å². The van der Waals surface area contributed by atoms with Crippen LogP contribution in [0.15, 0.2) is 48.5 Å². The number of hydrogen-bond donors (Lipinski definition) is 1. The third kappa shape index (κ3) is 3.13. The van der Waals surface area contributed by atoms with E-state index < -0.39 is 0 Å². The molecule has 6 nitrogen and oxygen atoms in total. The molecule has 5 rings (SSSR count). The zero-order valence-electron chi connectivity index (χ0n) is 15.5. The van der Waals surface area contributed by atoms with Gasteiger partial charge in [0.15, 0.2) is 5.13 Å². The zero-order valence-corrected chi connectivity index (χ0v) is 16.3. The van der Waals surface area contributed by atoms with Crippen LogP contribution in [0, 0.1) is 0 Å². The molecule has 1 aliphatic carbocycles. The third-order valence-corrected chi connectivity index (χ3v) is 6.28. The number of amides is 3. The largest absolute Gasteiger partial charge is 0.298 e. The van der Waals surface area contributed by atoms with Crippen molar-refractivity contribution in [1.29, 1.82) is 0 Å². The van der Waals surface area contributed by atoms with Crippen molar-refractivity contribution in [3.63, 3.8) is 0 Å². The monoisotopic (exact) mass is 403 g/mol. The van der Waals surface area contributed by atoms with Crippen LogP contribution in [0.4, 0.5) is 10.8 Å². The fourth-order valence-electron chi connectivity index (χ4n) is 3.80. The molecule has 2 aromatic carbocycles. The standard InChI is InChI=1S/C22H17N3O3S/c26-18-11-12-19(27)25(18)15-8-5-14(6-9-15)21(28)24-22-23-20-16-4-2-1-3-13(16)7-10-17(20)29-22/h1-6,8-9H,7,10-12H2,(H,23,24,28). The van der Waals surface area contributed by atoms with Crippen LogP contribution in [-0.4, -0.2) is 22.7 Å². The highest BCUT2D eigenvalue weighted by Crippen LogP contribution is 2.38. The van der Waals surface area contributed by atoms with Crippen molar-refractivity contribution in [1.82, 2.24) is 4.98 Å². The molecule has 0 atom stereocenters. The van der Waals surface area contributed by atoms with E-state index in [0.29, 0.717) is 16.4 Å². The van der Waals surface area contributed by atoms with Gasteiger partial charge >= 0.3 is 0 Å². The van der Waals surface area contributed by atoms with Gasteiger partial charge in [-0.25, -0.2) is 4.98 Å². The van der Waals surface area contributed by atoms with Crippen LogP contribution >= 0.6 is 11.3 Å². The normalized spacial score (nSPS) is 15.2. The number of rotatable bonds is 3. The van der Waals surface area contributed by atoms with Gasteiger partial charge in [0.25, 0.3) is 5.91 Å². The van der Waals surface area contributed by atoms with Gasteiger partial charge in [0, 0.05) is 28.8 Å². The number of aromatic nitrogens is 1. The quantitative estimate of drug-likeness (QED) is 0.675. The number of hydrogen-bond acceptors (Lipinski definition) is 5. The summed E-state index contributed by atoms with van der Waals surface area (Å²) >= 11 is 1.51. The molecule has 0 saturated carbocycles. The number of fused-ring (bicyclic) bond motifs is 3. The zero-order chi connectivity index (χ0) is 20.0. The van der Waals surface area contributed by atoms with Gasteiger partial charge in [-0.15, -0.1) is 11.3 Å². The minimum absolute atomic E-state index is 0.208. The summed E-state index contributed by atoms with van der Waals surface area (Å²) in [5, 5.41) is 3.45. The van der Waals surface area contributed by atoms with Crippen molar-refractivity contribution in [2.45, 2.75) is 25.7 Å². The summed E-state index contributed by atoms with van der Waals surface area (Å²) in [6.45, 7) is 0. The molecule has 2 heterocycles. The first kappa shape index (κ1) is 17.8. The topological polar surface area (TPSA) is 79.4 Å². The molecule has 144 valence electrons. The predicted octanol–water partition coefficient (Wildman–Crippen LogP) is 3.81. The number of thiazole rings is 1. The average Bonchev–Trinajstić information content (AvgIpc) is 3.30. The van der Waals surface area contributed by atoms with Crippen molar-refractivity contribution >= 4 is 39.9 Å². The van der Waals surface area contributed by atoms with Crippen LogP contribution in [0.3, 0.4) is 0 Å². The van der Waals surface area contributed by atoms with Gasteiger partial charge in [-0.05, 0) is 42.7 Å². The second-order valence-corrected chi connectivity index (χ2v) is 8.16. The Labute approximate surface area is 171 Å².